The molecule has 12 heteroatoms. The Balaban J connectivity index is 1.06. The van der Waals surface area contributed by atoms with Gasteiger partial charge in [-0.2, -0.15) is 18.4 Å². The van der Waals surface area contributed by atoms with Crippen LogP contribution < -0.4 is 10.6 Å². The summed E-state index contributed by atoms with van der Waals surface area (Å²) >= 11 is 1.07. The molecule has 2 atom stereocenters. The van der Waals surface area contributed by atoms with Gasteiger partial charge in [0.15, 0.2) is 0 Å². The Morgan fingerprint density at radius 1 is 1.05 bits per heavy atom. The molecule has 3 aromatic heterocycles. The van der Waals surface area contributed by atoms with Crippen LogP contribution in [-0.2, 0) is 19.5 Å². The van der Waals surface area contributed by atoms with Crippen LogP contribution in [0.4, 0.5) is 19.0 Å². The number of thiophene rings is 1. The average Bonchev–Trinajstić information content (AvgIpc) is 3.52. The van der Waals surface area contributed by atoms with Gasteiger partial charge in [0.1, 0.15) is 28.7 Å². The first kappa shape index (κ1) is 29.8. The molecule has 1 aromatic carbocycles. The minimum Gasteiger partial charge on any atom is -0.367 e. The summed E-state index contributed by atoms with van der Waals surface area (Å²) in [5.74, 6) is 0.609. The van der Waals surface area contributed by atoms with Crippen molar-refractivity contribution < 1.29 is 13.2 Å². The predicted molar refractivity (Wildman–Crippen MR) is 164 cm³/mol. The molecule has 0 saturated carbocycles. The highest BCUT2D eigenvalue weighted by Crippen LogP contribution is 2.33. The van der Waals surface area contributed by atoms with Crippen LogP contribution in [0, 0.1) is 11.3 Å². The van der Waals surface area contributed by atoms with E-state index in [0.717, 1.165) is 80.9 Å². The molecule has 0 aliphatic carbocycles. The van der Waals surface area contributed by atoms with Crippen molar-refractivity contribution in [2.24, 2.45) is 0 Å². The standard InChI is InChI=1S/C31H37F3N8S/c1-20-16-41(17-21(2)38-20)9-10-42-25(15-35)12-23-11-22(3-4-28(23)42)18-40-7-5-24(6-8-40)39-29-27-13-26(14-31(32,33)34)43-30(27)37-19-36-29/h3-4,11-13,19-21,24,38H,5-10,14,16-18H2,1-2H3,(H,36,37,39)/t20-,21-/m1/s1. The van der Waals surface area contributed by atoms with Crippen LogP contribution in [0.25, 0.3) is 21.1 Å². The lowest BCUT2D eigenvalue weighted by atomic mass is 10.0. The number of nitrogens with zero attached hydrogens (tertiary/aromatic N) is 6. The smallest absolute Gasteiger partial charge is 0.367 e. The van der Waals surface area contributed by atoms with E-state index < -0.39 is 12.6 Å². The number of aromatic nitrogens is 3. The maximum absolute atomic E-state index is 12.9. The maximum Gasteiger partial charge on any atom is 0.393 e. The average molecular weight is 611 g/mol. The van der Waals surface area contributed by atoms with Gasteiger partial charge in [-0.25, -0.2) is 9.97 Å². The van der Waals surface area contributed by atoms with Crippen LogP contribution in [-0.4, -0.2) is 81.4 Å². The van der Waals surface area contributed by atoms with Crippen molar-refractivity contribution in [3.05, 3.63) is 52.8 Å². The molecule has 4 aromatic rings. The molecule has 8 nitrogen and oxygen atoms in total. The summed E-state index contributed by atoms with van der Waals surface area (Å²) in [4.78, 5) is 14.3. The molecule has 2 N–H and O–H groups in total. The van der Waals surface area contributed by atoms with Crippen molar-refractivity contribution in [3.8, 4) is 6.07 Å². The van der Waals surface area contributed by atoms with E-state index >= 15 is 0 Å². The number of rotatable bonds is 8. The van der Waals surface area contributed by atoms with Crippen molar-refractivity contribution in [2.75, 3.05) is 38.0 Å². The summed E-state index contributed by atoms with van der Waals surface area (Å²) < 4.78 is 40.8. The SMILES string of the molecule is C[C@@H]1CN(CCn2c(C#N)cc3cc(CN4CCC(Nc5ncnc6sc(CC(F)(F)F)cc56)CC4)ccc32)C[C@@H](C)N1. The lowest BCUT2D eigenvalue weighted by Gasteiger charge is -2.36. The van der Waals surface area contributed by atoms with Crippen molar-refractivity contribution in [1.82, 2.24) is 29.7 Å². The van der Waals surface area contributed by atoms with Gasteiger partial charge >= 0.3 is 6.18 Å². The number of anilines is 1. The first-order chi connectivity index (χ1) is 20.6. The van der Waals surface area contributed by atoms with Crippen LogP contribution in [0.3, 0.4) is 0 Å². The third-order valence-corrected chi connectivity index (χ3v) is 9.49. The van der Waals surface area contributed by atoms with E-state index in [2.05, 4.69) is 73.1 Å². The van der Waals surface area contributed by atoms with Gasteiger partial charge in [-0.1, -0.05) is 6.07 Å². The Labute approximate surface area is 253 Å². The highest BCUT2D eigenvalue weighted by atomic mass is 32.1. The van der Waals surface area contributed by atoms with Crippen LogP contribution in [0.2, 0.25) is 0 Å². The molecule has 0 bridgehead atoms. The van der Waals surface area contributed by atoms with Crippen molar-refractivity contribution in [2.45, 2.75) is 70.5 Å². The monoisotopic (exact) mass is 610 g/mol. The molecule has 228 valence electrons. The summed E-state index contributed by atoms with van der Waals surface area (Å²) in [5.41, 5.74) is 3.02. The third-order valence-electron chi connectivity index (χ3n) is 8.44. The molecule has 2 saturated heterocycles. The number of hydrogen-bond donors (Lipinski definition) is 2. The lowest BCUT2D eigenvalue weighted by Crippen LogP contribution is -2.54. The van der Waals surface area contributed by atoms with Gasteiger partial charge in [0, 0.05) is 79.7 Å². The van der Waals surface area contributed by atoms with Crippen molar-refractivity contribution >= 4 is 38.3 Å². The normalized spacial score (nSPS) is 21.0. The first-order valence-electron chi connectivity index (χ1n) is 14.9. The van der Waals surface area contributed by atoms with Crippen LogP contribution in [0.15, 0.2) is 36.7 Å². The molecular formula is C31H37F3N8S. The summed E-state index contributed by atoms with van der Waals surface area (Å²) in [6, 6.07) is 13.6. The zero-order valence-corrected chi connectivity index (χ0v) is 25.3. The van der Waals surface area contributed by atoms with Gasteiger partial charge < -0.3 is 15.2 Å². The molecule has 2 fully saturated rings. The third kappa shape index (κ3) is 7.12. The number of nitrogens with one attached hydrogen (secondary N) is 2. The number of likely N-dealkylation sites (tertiary alicyclic amines) is 1. The summed E-state index contributed by atoms with van der Waals surface area (Å²) in [5, 5.41) is 18.6. The van der Waals surface area contributed by atoms with E-state index in [1.807, 2.05) is 6.07 Å². The number of halogens is 3. The Bertz CT molecular complexity index is 1610. The fraction of sp³-hybridized carbons (Fsp3) is 0.516. The summed E-state index contributed by atoms with van der Waals surface area (Å²) in [6.07, 6.45) is -1.96. The molecule has 0 unspecified atom stereocenters. The second-order valence-electron chi connectivity index (χ2n) is 12.1. The lowest BCUT2D eigenvalue weighted by molar-refractivity contribution is -0.126. The number of piperidine rings is 1. The quantitative estimate of drug-likeness (QED) is 0.277. The molecular weight excluding hydrogens is 573 g/mol. The number of fused-ring (bicyclic) bond motifs is 2. The highest BCUT2D eigenvalue weighted by Gasteiger charge is 2.29. The Morgan fingerprint density at radius 2 is 1.81 bits per heavy atom. The van der Waals surface area contributed by atoms with Gasteiger partial charge in [-0.05, 0) is 56.5 Å². The second kappa shape index (κ2) is 12.4. The van der Waals surface area contributed by atoms with E-state index in [9.17, 15) is 18.4 Å². The van der Waals surface area contributed by atoms with Gasteiger partial charge in [-0.3, -0.25) is 9.80 Å². The van der Waals surface area contributed by atoms with E-state index in [1.54, 1.807) is 6.07 Å². The van der Waals surface area contributed by atoms with Gasteiger partial charge in [0.05, 0.1) is 11.8 Å². The fourth-order valence-electron chi connectivity index (χ4n) is 6.61. The first-order valence-corrected chi connectivity index (χ1v) is 15.7. The zero-order chi connectivity index (χ0) is 30.1. The van der Waals surface area contributed by atoms with E-state index in [0.29, 0.717) is 33.8 Å². The predicted octanol–water partition coefficient (Wildman–Crippen LogP) is 5.38. The molecule has 0 amide bonds. The molecule has 5 heterocycles. The van der Waals surface area contributed by atoms with Crippen LogP contribution >= 0.6 is 11.3 Å². The minimum atomic E-state index is -4.25. The topological polar surface area (TPSA) is 85.0 Å². The molecule has 2 aliphatic rings. The molecule has 0 spiro atoms. The van der Waals surface area contributed by atoms with E-state index in [-0.39, 0.29) is 10.9 Å². The van der Waals surface area contributed by atoms with Crippen molar-refractivity contribution in [1.29, 1.82) is 5.26 Å². The number of benzene rings is 1. The molecule has 0 radical (unpaired) electrons. The number of piperazine rings is 1. The molecule has 43 heavy (non-hydrogen) atoms. The number of nitriles is 1. The van der Waals surface area contributed by atoms with Gasteiger partial charge in [0.25, 0.3) is 0 Å². The fourth-order valence-corrected chi connectivity index (χ4v) is 7.63. The van der Waals surface area contributed by atoms with Crippen molar-refractivity contribution in [3.63, 3.8) is 0 Å². The maximum atomic E-state index is 12.9. The second-order valence-corrected chi connectivity index (χ2v) is 13.2. The Hall–Kier alpha value is -3.24. The molecule has 2 aliphatic heterocycles. The van der Waals surface area contributed by atoms with Crippen LogP contribution in [0.1, 0.15) is 42.8 Å². The van der Waals surface area contributed by atoms with E-state index in [4.69, 9.17) is 0 Å². The number of hydrogen-bond acceptors (Lipinski definition) is 8. The Kier molecular flexibility index (Phi) is 8.60. The largest absolute Gasteiger partial charge is 0.393 e. The van der Waals surface area contributed by atoms with Gasteiger partial charge in [-0.15, -0.1) is 11.3 Å². The highest BCUT2D eigenvalue weighted by molar-refractivity contribution is 7.18. The Morgan fingerprint density at radius 3 is 2.53 bits per heavy atom. The van der Waals surface area contributed by atoms with E-state index in [1.165, 1.54) is 11.9 Å². The number of alkyl halides is 3. The summed E-state index contributed by atoms with van der Waals surface area (Å²) in [7, 11) is 0. The molecule has 6 rings (SSSR count). The summed E-state index contributed by atoms with van der Waals surface area (Å²) in [6.45, 7) is 10.8. The zero-order valence-electron chi connectivity index (χ0n) is 24.5. The van der Waals surface area contributed by atoms with Crippen LogP contribution in [0.5, 0.6) is 0 Å². The minimum absolute atomic E-state index is 0.191. The van der Waals surface area contributed by atoms with Gasteiger partial charge in [0.2, 0.25) is 0 Å².